The summed E-state index contributed by atoms with van der Waals surface area (Å²) in [6, 6.07) is 2.28. The average molecular weight is 255 g/mol. The van der Waals surface area contributed by atoms with Crippen LogP contribution >= 0.6 is 11.3 Å². The van der Waals surface area contributed by atoms with E-state index < -0.39 is 0 Å². The van der Waals surface area contributed by atoms with Gasteiger partial charge in [0.25, 0.3) is 0 Å². The second-order valence-electron chi connectivity index (χ2n) is 4.48. The van der Waals surface area contributed by atoms with Gasteiger partial charge in [-0.15, -0.1) is 11.3 Å². The van der Waals surface area contributed by atoms with Crippen molar-refractivity contribution in [3.8, 4) is 0 Å². The Hall–Kier alpha value is -0.380. The van der Waals surface area contributed by atoms with E-state index in [1.807, 2.05) is 11.3 Å². The number of thiophene rings is 1. The molecule has 17 heavy (non-hydrogen) atoms. The van der Waals surface area contributed by atoms with Crippen LogP contribution in [0.25, 0.3) is 0 Å². The van der Waals surface area contributed by atoms with E-state index in [0.29, 0.717) is 6.10 Å². The van der Waals surface area contributed by atoms with Crippen LogP contribution in [0.5, 0.6) is 0 Å². The third-order valence-electron chi connectivity index (χ3n) is 2.84. The molecule has 1 unspecified atom stereocenters. The first kappa shape index (κ1) is 14.7. The zero-order valence-electron chi connectivity index (χ0n) is 11.5. The molecule has 1 aromatic heterocycles. The molecule has 1 aromatic rings. The molecule has 0 saturated carbocycles. The quantitative estimate of drug-likeness (QED) is 0.761. The van der Waals surface area contributed by atoms with Crippen molar-refractivity contribution in [1.29, 1.82) is 0 Å². The molecule has 2 nitrogen and oxygen atoms in total. The van der Waals surface area contributed by atoms with Crippen molar-refractivity contribution in [3.05, 3.63) is 21.4 Å². The van der Waals surface area contributed by atoms with Gasteiger partial charge >= 0.3 is 0 Å². The molecule has 0 bridgehead atoms. The van der Waals surface area contributed by atoms with Crippen LogP contribution in [-0.2, 0) is 17.9 Å². The lowest BCUT2D eigenvalue weighted by Gasteiger charge is -2.11. The second kappa shape index (κ2) is 7.85. The molecule has 0 aliphatic rings. The third-order valence-corrected chi connectivity index (χ3v) is 3.93. The van der Waals surface area contributed by atoms with Crippen molar-refractivity contribution < 1.29 is 4.74 Å². The zero-order valence-corrected chi connectivity index (χ0v) is 12.3. The van der Waals surface area contributed by atoms with Crippen LogP contribution in [0.4, 0.5) is 0 Å². The molecule has 1 rings (SSSR count). The molecule has 1 heterocycles. The molecule has 0 radical (unpaired) electrons. The maximum Gasteiger partial charge on any atom is 0.0731 e. The lowest BCUT2D eigenvalue weighted by molar-refractivity contribution is 0.0471. The minimum Gasteiger partial charge on any atom is -0.374 e. The first-order chi connectivity index (χ1) is 8.17. The number of hydrogen-bond donors (Lipinski definition) is 1. The van der Waals surface area contributed by atoms with Crippen LogP contribution in [0.1, 0.15) is 48.9 Å². The smallest absolute Gasteiger partial charge is 0.0731 e. The maximum absolute atomic E-state index is 5.85. The summed E-state index contributed by atoms with van der Waals surface area (Å²) >= 11 is 1.88. The summed E-state index contributed by atoms with van der Waals surface area (Å²) in [5.41, 5.74) is 1.35. The van der Waals surface area contributed by atoms with E-state index in [1.165, 1.54) is 21.7 Å². The molecule has 0 aromatic carbocycles. The first-order valence-electron chi connectivity index (χ1n) is 6.57. The van der Waals surface area contributed by atoms with Gasteiger partial charge in [0.15, 0.2) is 0 Å². The Morgan fingerprint density at radius 3 is 2.82 bits per heavy atom. The first-order valence-corrected chi connectivity index (χ1v) is 7.39. The molecule has 98 valence electrons. The van der Waals surface area contributed by atoms with Crippen molar-refractivity contribution in [2.45, 2.75) is 59.8 Å². The third kappa shape index (κ3) is 5.19. The molecule has 1 N–H and O–H groups in total. The van der Waals surface area contributed by atoms with Crippen LogP contribution in [0.2, 0.25) is 0 Å². The molecule has 0 spiro atoms. The van der Waals surface area contributed by atoms with Crippen LogP contribution in [0.15, 0.2) is 6.07 Å². The molecular weight excluding hydrogens is 230 g/mol. The summed E-state index contributed by atoms with van der Waals surface area (Å²) in [7, 11) is 0. The average Bonchev–Trinajstić information content (AvgIpc) is 2.65. The highest BCUT2D eigenvalue weighted by molar-refractivity contribution is 7.12. The number of ether oxygens (including phenoxy) is 1. The summed E-state index contributed by atoms with van der Waals surface area (Å²) < 4.78 is 5.85. The molecule has 0 amide bonds. The highest BCUT2D eigenvalue weighted by atomic mass is 32.1. The van der Waals surface area contributed by atoms with Gasteiger partial charge in [-0.25, -0.2) is 0 Å². The lowest BCUT2D eigenvalue weighted by atomic mass is 10.2. The van der Waals surface area contributed by atoms with E-state index in [-0.39, 0.29) is 0 Å². The largest absolute Gasteiger partial charge is 0.374 e. The molecule has 3 heteroatoms. The molecular formula is C14H25NOS. The molecule has 0 aliphatic heterocycles. The molecule has 0 fully saturated rings. The van der Waals surface area contributed by atoms with Crippen LogP contribution in [0, 0.1) is 6.92 Å². The normalized spacial score (nSPS) is 12.9. The van der Waals surface area contributed by atoms with Gasteiger partial charge in [0.1, 0.15) is 0 Å². The van der Waals surface area contributed by atoms with E-state index in [0.717, 1.165) is 26.1 Å². The van der Waals surface area contributed by atoms with E-state index in [9.17, 15) is 0 Å². The summed E-state index contributed by atoms with van der Waals surface area (Å²) in [5.74, 6) is 0. The summed E-state index contributed by atoms with van der Waals surface area (Å²) in [6.45, 7) is 11.4. The molecule has 0 saturated heterocycles. The summed E-state index contributed by atoms with van der Waals surface area (Å²) in [4.78, 5) is 2.80. The highest BCUT2D eigenvalue weighted by Gasteiger charge is 2.07. The fourth-order valence-corrected chi connectivity index (χ4v) is 2.81. The van der Waals surface area contributed by atoms with Crippen molar-refractivity contribution in [1.82, 2.24) is 5.32 Å². The SMILES string of the molecule is CCCC(C)OCc1cc(CNCC)sc1C. The van der Waals surface area contributed by atoms with Gasteiger partial charge in [0.2, 0.25) is 0 Å². The summed E-state index contributed by atoms with van der Waals surface area (Å²) in [5, 5.41) is 3.36. The number of aryl methyl sites for hydroxylation is 1. The Morgan fingerprint density at radius 1 is 1.41 bits per heavy atom. The van der Waals surface area contributed by atoms with Gasteiger partial charge < -0.3 is 10.1 Å². The lowest BCUT2D eigenvalue weighted by Crippen LogP contribution is -2.10. The highest BCUT2D eigenvalue weighted by Crippen LogP contribution is 2.22. The fourth-order valence-electron chi connectivity index (χ4n) is 1.79. The maximum atomic E-state index is 5.85. The van der Waals surface area contributed by atoms with Gasteiger partial charge in [-0.3, -0.25) is 0 Å². The Kier molecular flexibility index (Phi) is 6.78. The van der Waals surface area contributed by atoms with Gasteiger partial charge in [-0.1, -0.05) is 20.3 Å². The fraction of sp³-hybridized carbons (Fsp3) is 0.714. The van der Waals surface area contributed by atoms with Crippen LogP contribution in [-0.4, -0.2) is 12.6 Å². The number of rotatable bonds is 8. The Bertz CT molecular complexity index is 322. The minimum absolute atomic E-state index is 0.372. The van der Waals surface area contributed by atoms with E-state index >= 15 is 0 Å². The van der Waals surface area contributed by atoms with Crippen molar-refractivity contribution >= 4 is 11.3 Å². The van der Waals surface area contributed by atoms with E-state index in [2.05, 4.69) is 39.1 Å². The van der Waals surface area contributed by atoms with E-state index in [1.54, 1.807) is 0 Å². The zero-order chi connectivity index (χ0) is 12.7. The Labute approximate surface area is 109 Å². The minimum atomic E-state index is 0.372. The number of hydrogen-bond acceptors (Lipinski definition) is 3. The van der Waals surface area contributed by atoms with Crippen molar-refractivity contribution in [2.75, 3.05) is 6.54 Å². The molecule has 1 atom stereocenters. The van der Waals surface area contributed by atoms with Crippen LogP contribution < -0.4 is 5.32 Å². The predicted molar refractivity (Wildman–Crippen MR) is 75.6 cm³/mol. The second-order valence-corrected chi connectivity index (χ2v) is 5.83. The van der Waals surface area contributed by atoms with Gasteiger partial charge in [-0.05, 0) is 38.4 Å². The number of nitrogens with one attached hydrogen (secondary N) is 1. The Morgan fingerprint density at radius 2 is 2.18 bits per heavy atom. The Balaban J connectivity index is 2.44. The monoisotopic (exact) mass is 255 g/mol. The van der Waals surface area contributed by atoms with Crippen LogP contribution in [0.3, 0.4) is 0 Å². The topological polar surface area (TPSA) is 21.3 Å². The van der Waals surface area contributed by atoms with Gasteiger partial charge in [-0.2, -0.15) is 0 Å². The van der Waals surface area contributed by atoms with E-state index in [4.69, 9.17) is 4.74 Å². The van der Waals surface area contributed by atoms with Crippen molar-refractivity contribution in [2.24, 2.45) is 0 Å². The molecule has 0 aliphatic carbocycles. The standard InChI is InChI=1S/C14H25NOS/c1-5-7-11(3)16-10-13-8-14(9-15-6-2)17-12(13)4/h8,11,15H,5-7,9-10H2,1-4H3. The van der Waals surface area contributed by atoms with Gasteiger partial charge in [0.05, 0.1) is 12.7 Å². The summed E-state index contributed by atoms with van der Waals surface area (Å²) in [6.07, 6.45) is 2.71. The van der Waals surface area contributed by atoms with Gasteiger partial charge in [0, 0.05) is 16.3 Å². The predicted octanol–water partition coefficient (Wildman–Crippen LogP) is 3.87. The van der Waals surface area contributed by atoms with Crippen molar-refractivity contribution in [3.63, 3.8) is 0 Å².